The molecule has 1 amide bonds. The molecule has 3 heterocycles. The van der Waals surface area contributed by atoms with Crippen LogP contribution in [-0.2, 0) is 10.9 Å². The summed E-state index contributed by atoms with van der Waals surface area (Å²) in [6, 6.07) is 3.10. The van der Waals surface area contributed by atoms with Crippen molar-refractivity contribution in [2.24, 2.45) is 0 Å². The monoisotopic (exact) mass is 390 g/mol. The molecule has 2 aromatic rings. The number of likely N-dealkylation sites (tertiary alicyclic amines) is 1. The average Bonchev–Trinajstić information content (AvgIpc) is 3.20. The number of aromatic nitrogens is 1. The molecule has 142 valence electrons. The molecule has 3 rings (SSSR count). The van der Waals surface area contributed by atoms with Crippen molar-refractivity contribution >= 4 is 17.2 Å². The third-order valence-electron chi connectivity index (χ3n) is 4.35. The predicted molar refractivity (Wildman–Crippen MR) is 86.9 cm³/mol. The van der Waals surface area contributed by atoms with Gasteiger partial charge in [0.15, 0.2) is 0 Å². The maximum Gasteiger partial charge on any atom is 0.452 e. The number of alkyl halides is 3. The number of nitrogens with zero attached hydrogens (tertiary/aromatic N) is 2. The largest absolute Gasteiger partial charge is 0.452 e. The summed E-state index contributed by atoms with van der Waals surface area (Å²) in [4.78, 5) is 15.0. The zero-order chi connectivity index (χ0) is 19.1. The summed E-state index contributed by atoms with van der Waals surface area (Å²) in [5.74, 6) is -1.39. The highest BCUT2D eigenvalue weighted by atomic mass is 32.1. The van der Waals surface area contributed by atoms with Gasteiger partial charge in [0.05, 0.1) is 15.9 Å². The highest BCUT2D eigenvalue weighted by molar-refractivity contribution is 7.17. The first kappa shape index (κ1) is 18.9. The van der Waals surface area contributed by atoms with Gasteiger partial charge < -0.3 is 19.3 Å². The zero-order valence-corrected chi connectivity index (χ0v) is 14.9. The molecular formula is C16H17F3N2O4S. The molecule has 2 atom stereocenters. The fourth-order valence-corrected chi connectivity index (χ4v) is 3.90. The minimum absolute atomic E-state index is 0.0743. The predicted octanol–water partition coefficient (Wildman–Crippen LogP) is 2.95. The van der Waals surface area contributed by atoms with Gasteiger partial charge in [-0.05, 0) is 25.5 Å². The lowest BCUT2D eigenvalue weighted by molar-refractivity contribution is -0.156. The standard InChI is InChI=1S/C16H17F3N2O4S/c1-8-13(20-25-14(8)16(17,18)19)11-3-4-12(26-11)15(23)21-6-5-9(22)10(7-21)24-2/h3-4,9-10,22H,5-7H2,1-2H3/t9-,10+/m0/s1. The molecule has 0 saturated carbocycles. The molecule has 0 aromatic carbocycles. The molecule has 1 aliphatic rings. The number of piperidine rings is 1. The number of amides is 1. The third kappa shape index (κ3) is 3.49. The highest BCUT2D eigenvalue weighted by Crippen LogP contribution is 2.38. The second-order valence-corrected chi connectivity index (χ2v) is 7.11. The van der Waals surface area contributed by atoms with Gasteiger partial charge in [0.25, 0.3) is 5.91 Å². The van der Waals surface area contributed by atoms with E-state index >= 15 is 0 Å². The van der Waals surface area contributed by atoms with Crippen LogP contribution in [0.15, 0.2) is 16.7 Å². The van der Waals surface area contributed by atoms with Crippen molar-refractivity contribution in [3.8, 4) is 10.6 Å². The van der Waals surface area contributed by atoms with Gasteiger partial charge in [-0.15, -0.1) is 11.3 Å². The lowest BCUT2D eigenvalue weighted by atomic mass is 10.0. The van der Waals surface area contributed by atoms with E-state index in [1.807, 2.05) is 0 Å². The molecule has 1 saturated heterocycles. The average molecular weight is 390 g/mol. The Morgan fingerprint density at radius 2 is 2.19 bits per heavy atom. The molecule has 2 aromatic heterocycles. The first-order chi connectivity index (χ1) is 12.2. The van der Waals surface area contributed by atoms with Crippen molar-refractivity contribution in [2.45, 2.75) is 31.7 Å². The number of aliphatic hydroxyl groups excluding tert-OH is 1. The molecule has 1 aliphatic heterocycles. The molecule has 0 unspecified atom stereocenters. The van der Waals surface area contributed by atoms with E-state index in [1.54, 1.807) is 17.0 Å². The van der Waals surface area contributed by atoms with Crippen molar-refractivity contribution in [1.82, 2.24) is 10.1 Å². The maximum absolute atomic E-state index is 12.8. The lowest BCUT2D eigenvalue weighted by Gasteiger charge is -2.35. The Balaban J connectivity index is 1.80. The number of halogens is 3. The molecule has 0 spiro atoms. The zero-order valence-electron chi connectivity index (χ0n) is 14.0. The number of rotatable bonds is 3. The summed E-state index contributed by atoms with van der Waals surface area (Å²) in [6.45, 7) is 1.92. The molecule has 6 nitrogen and oxygen atoms in total. The van der Waals surface area contributed by atoms with Crippen LogP contribution in [0.2, 0.25) is 0 Å². The van der Waals surface area contributed by atoms with Gasteiger partial charge >= 0.3 is 6.18 Å². The van der Waals surface area contributed by atoms with Gasteiger partial charge in [-0.3, -0.25) is 4.79 Å². The Morgan fingerprint density at radius 1 is 1.46 bits per heavy atom. The quantitative estimate of drug-likeness (QED) is 0.872. The molecular weight excluding hydrogens is 373 g/mol. The first-order valence-electron chi connectivity index (χ1n) is 7.86. The van der Waals surface area contributed by atoms with Crippen LogP contribution in [0.1, 0.15) is 27.4 Å². The number of hydrogen-bond acceptors (Lipinski definition) is 6. The second kappa shape index (κ2) is 7.01. The van der Waals surface area contributed by atoms with Crippen molar-refractivity contribution in [3.63, 3.8) is 0 Å². The third-order valence-corrected chi connectivity index (χ3v) is 5.43. The summed E-state index contributed by atoms with van der Waals surface area (Å²) in [7, 11) is 1.47. The Labute approximate surface area is 151 Å². The highest BCUT2D eigenvalue weighted by Gasteiger charge is 2.39. The van der Waals surface area contributed by atoms with Gasteiger partial charge in [-0.25, -0.2) is 0 Å². The number of ether oxygens (including phenoxy) is 1. The van der Waals surface area contributed by atoms with Crippen LogP contribution in [0.4, 0.5) is 13.2 Å². The fraction of sp³-hybridized carbons (Fsp3) is 0.500. The minimum Gasteiger partial charge on any atom is -0.390 e. The first-order valence-corrected chi connectivity index (χ1v) is 8.67. The fourth-order valence-electron chi connectivity index (χ4n) is 2.89. The van der Waals surface area contributed by atoms with Crippen LogP contribution in [0.5, 0.6) is 0 Å². The molecule has 10 heteroatoms. The van der Waals surface area contributed by atoms with Crippen LogP contribution in [0.3, 0.4) is 0 Å². The molecule has 0 radical (unpaired) electrons. The van der Waals surface area contributed by atoms with E-state index in [1.165, 1.54) is 14.0 Å². The Bertz CT molecular complexity index is 802. The van der Waals surface area contributed by atoms with E-state index in [2.05, 4.69) is 9.68 Å². The van der Waals surface area contributed by atoms with Gasteiger partial charge in [-0.1, -0.05) is 5.16 Å². The van der Waals surface area contributed by atoms with Gasteiger partial charge in [0.1, 0.15) is 11.8 Å². The van der Waals surface area contributed by atoms with Crippen molar-refractivity contribution in [2.75, 3.05) is 20.2 Å². The van der Waals surface area contributed by atoms with Crippen LogP contribution < -0.4 is 0 Å². The van der Waals surface area contributed by atoms with Crippen LogP contribution in [0.25, 0.3) is 10.6 Å². The summed E-state index contributed by atoms with van der Waals surface area (Å²) < 4.78 is 48.1. The molecule has 1 fully saturated rings. The maximum atomic E-state index is 12.8. The molecule has 0 aliphatic carbocycles. The summed E-state index contributed by atoms with van der Waals surface area (Å²) in [5, 5.41) is 13.3. The minimum atomic E-state index is -4.62. The summed E-state index contributed by atoms with van der Waals surface area (Å²) in [5.41, 5.74) is -0.0379. The van der Waals surface area contributed by atoms with Gasteiger partial charge in [0.2, 0.25) is 5.76 Å². The van der Waals surface area contributed by atoms with E-state index < -0.39 is 24.1 Å². The normalized spacial score (nSPS) is 21.2. The van der Waals surface area contributed by atoms with Crippen molar-refractivity contribution in [3.05, 3.63) is 28.3 Å². The lowest BCUT2D eigenvalue weighted by Crippen LogP contribution is -2.49. The summed E-state index contributed by atoms with van der Waals surface area (Å²) in [6.07, 6.45) is -5.30. The number of thiophene rings is 1. The number of methoxy groups -OCH3 is 1. The van der Waals surface area contributed by atoms with Crippen molar-refractivity contribution < 1.29 is 32.3 Å². The van der Waals surface area contributed by atoms with Crippen LogP contribution >= 0.6 is 11.3 Å². The van der Waals surface area contributed by atoms with E-state index in [9.17, 15) is 23.1 Å². The van der Waals surface area contributed by atoms with E-state index in [-0.39, 0.29) is 23.7 Å². The second-order valence-electron chi connectivity index (χ2n) is 6.03. The van der Waals surface area contributed by atoms with Crippen LogP contribution in [0, 0.1) is 6.92 Å². The van der Waals surface area contributed by atoms with E-state index in [4.69, 9.17) is 4.74 Å². The van der Waals surface area contributed by atoms with Crippen molar-refractivity contribution in [1.29, 1.82) is 0 Å². The summed E-state index contributed by atoms with van der Waals surface area (Å²) >= 11 is 1.05. The Morgan fingerprint density at radius 3 is 2.81 bits per heavy atom. The molecule has 26 heavy (non-hydrogen) atoms. The Hall–Kier alpha value is -1.91. The van der Waals surface area contributed by atoms with Crippen LogP contribution in [-0.4, -0.2) is 53.5 Å². The molecule has 1 N–H and O–H groups in total. The number of carbonyl (C=O) groups is 1. The SMILES string of the molecule is CO[C@@H]1CN(C(=O)c2ccc(-c3noc(C(F)(F)F)c3C)s2)CC[C@@H]1O. The Kier molecular flexibility index (Phi) is 5.09. The molecule has 0 bridgehead atoms. The van der Waals surface area contributed by atoms with Gasteiger partial charge in [0, 0.05) is 25.8 Å². The number of hydrogen-bond donors (Lipinski definition) is 1. The van der Waals surface area contributed by atoms with Gasteiger partial charge in [-0.2, -0.15) is 13.2 Å². The number of aliphatic hydroxyl groups is 1. The number of carbonyl (C=O) groups excluding carboxylic acids is 1. The topological polar surface area (TPSA) is 75.8 Å². The smallest absolute Gasteiger partial charge is 0.390 e. The van der Waals surface area contributed by atoms with E-state index in [0.29, 0.717) is 22.7 Å². The van der Waals surface area contributed by atoms with E-state index in [0.717, 1.165) is 11.3 Å².